The molecule has 1 saturated heterocycles. The summed E-state index contributed by atoms with van der Waals surface area (Å²) in [4.78, 5) is 26.0. The van der Waals surface area contributed by atoms with Crippen LogP contribution in [-0.4, -0.2) is 63.3 Å². The molecule has 2 aromatic carbocycles. The van der Waals surface area contributed by atoms with E-state index >= 15 is 0 Å². The lowest BCUT2D eigenvalue weighted by Gasteiger charge is -2.36. The highest BCUT2D eigenvalue weighted by Crippen LogP contribution is 2.32. The molecule has 1 aliphatic rings. The van der Waals surface area contributed by atoms with Crippen LogP contribution in [0.4, 0.5) is 5.82 Å². The Morgan fingerprint density at radius 2 is 1.84 bits per heavy atom. The molecule has 0 radical (unpaired) electrons. The van der Waals surface area contributed by atoms with Crippen molar-refractivity contribution in [2.24, 2.45) is 0 Å². The number of phenols is 1. The lowest BCUT2D eigenvalue weighted by Crippen LogP contribution is -2.51. The molecule has 1 atom stereocenters. The zero-order valence-electron chi connectivity index (χ0n) is 18.7. The number of anilines is 1. The Labute approximate surface area is 188 Å². The number of aryl methyl sites for hydroxylation is 1. The molecule has 1 aliphatic heterocycles. The van der Waals surface area contributed by atoms with Crippen LogP contribution in [0.2, 0.25) is 0 Å². The average molecular weight is 435 g/mol. The Bertz CT molecular complexity index is 1110. The fourth-order valence-electron chi connectivity index (χ4n) is 4.12. The number of carbonyl (C=O) groups is 1. The minimum atomic E-state index is -0.919. The third-order valence-corrected chi connectivity index (χ3v) is 5.98. The smallest absolute Gasteiger partial charge is 0.251 e. The molecule has 7 nitrogen and oxygen atoms in total. The van der Waals surface area contributed by atoms with Gasteiger partial charge in [-0.05, 0) is 43.2 Å². The van der Waals surface area contributed by atoms with E-state index in [1.807, 2.05) is 44.2 Å². The molecule has 168 valence electrons. The molecule has 2 N–H and O–H groups in total. The number of benzene rings is 2. The minimum Gasteiger partial charge on any atom is -0.507 e. The number of fused-ring (bicyclic) bond motifs is 1. The number of aromatic nitrogens is 2. The van der Waals surface area contributed by atoms with Crippen molar-refractivity contribution < 1.29 is 15.0 Å². The molecule has 3 aromatic rings. The Kier molecular flexibility index (Phi) is 6.55. The summed E-state index contributed by atoms with van der Waals surface area (Å²) < 4.78 is 0. The van der Waals surface area contributed by atoms with E-state index in [9.17, 15) is 15.0 Å². The van der Waals surface area contributed by atoms with Crippen molar-refractivity contribution in [1.29, 1.82) is 0 Å². The molecule has 0 saturated carbocycles. The number of para-hydroxylation sites is 1. The monoisotopic (exact) mass is 434 g/mol. The van der Waals surface area contributed by atoms with Crippen molar-refractivity contribution in [2.45, 2.75) is 39.2 Å². The van der Waals surface area contributed by atoms with Gasteiger partial charge >= 0.3 is 0 Å². The van der Waals surface area contributed by atoms with Gasteiger partial charge in [0.2, 0.25) is 0 Å². The normalized spacial score (nSPS) is 15.2. The van der Waals surface area contributed by atoms with Gasteiger partial charge in [0.25, 0.3) is 5.91 Å². The van der Waals surface area contributed by atoms with Gasteiger partial charge in [-0.2, -0.15) is 0 Å². The second kappa shape index (κ2) is 9.53. The number of rotatable bonds is 6. The zero-order chi connectivity index (χ0) is 22.7. The Morgan fingerprint density at radius 3 is 2.56 bits per heavy atom. The molecule has 0 bridgehead atoms. The van der Waals surface area contributed by atoms with Gasteiger partial charge in [-0.3, -0.25) is 4.79 Å². The fraction of sp³-hybridized carbons (Fsp3) is 0.400. The molecule has 1 unspecified atom stereocenters. The zero-order valence-corrected chi connectivity index (χ0v) is 18.7. The quantitative estimate of drug-likeness (QED) is 0.617. The maximum Gasteiger partial charge on any atom is 0.251 e. The number of unbranched alkanes of at least 4 members (excludes halogenated alkanes) is 1. The highest BCUT2D eigenvalue weighted by Gasteiger charge is 2.27. The van der Waals surface area contributed by atoms with Crippen LogP contribution in [0.25, 0.3) is 22.3 Å². The predicted octanol–water partition coefficient (Wildman–Crippen LogP) is 3.51. The van der Waals surface area contributed by atoms with Crippen LogP contribution in [-0.2, 0) is 4.79 Å². The highest BCUT2D eigenvalue weighted by molar-refractivity contribution is 5.92. The molecule has 1 aromatic heterocycles. The van der Waals surface area contributed by atoms with E-state index in [1.54, 1.807) is 17.0 Å². The first-order chi connectivity index (χ1) is 15.5. The van der Waals surface area contributed by atoms with Gasteiger partial charge in [-0.15, -0.1) is 0 Å². The topological polar surface area (TPSA) is 89.8 Å². The molecule has 32 heavy (non-hydrogen) atoms. The number of hydrogen-bond donors (Lipinski definition) is 2. The number of amides is 1. The minimum absolute atomic E-state index is 0.141. The maximum absolute atomic E-state index is 12.6. The highest BCUT2D eigenvalue weighted by atomic mass is 16.3. The van der Waals surface area contributed by atoms with E-state index in [-0.39, 0.29) is 11.7 Å². The Morgan fingerprint density at radius 1 is 1.09 bits per heavy atom. The van der Waals surface area contributed by atoms with Crippen LogP contribution in [0.15, 0.2) is 42.5 Å². The number of piperazine rings is 1. The molecular weight excluding hydrogens is 404 g/mol. The van der Waals surface area contributed by atoms with Gasteiger partial charge in [0.1, 0.15) is 17.7 Å². The number of hydrogen-bond acceptors (Lipinski definition) is 6. The maximum atomic E-state index is 12.6. The van der Waals surface area contributed by atoms with Crippen molar-refractivity contribution in [2.75, 3.05) is 31.1 Å². The summed E-state index contributed by atoms with van der Waals surface area (Å²) in [7, 11) is 0. The van der Waals surface area contributed by atoms with Gasteiger partial charge in [0.05, 0.1) is 11.1 Å². The Balaban J connectivity index is 1.62. The fourth-order valence-corrected chi connectivity index (χ4v) is 4.12. The lowest BCUT2D eigenvalue weighted by molar-refractivity contribution is -0.140. The van der Waals surface area contributed by atoms with Crippen molar-refractivity contribution in [1.82, 2.24) is 14.9 Å². The van der Waals surface area contributed by atoms with Crippen LogP contribution in [0.3, 0.4) is 0 Å². The SMILES string of the molecule is CCCCC(O)C(=O)N1CCN(c2nc(-c3ccccc3O)nc3cc(C)ccc23)CC1. The Hall–Kier alpha value is -3.19. The van der Waals surface area contributed by atoms with Crippen LogP contribution in [0, 0.1) is 6.92 Å². The summed E-state index contributed by atoms with van der Waals surface area (Å²) in [6.07, 6.45) is 1.39. The van der Waals surface area contributed by atoms with E-state index in [4.69, 9.17) is 9.97 Å². The molecule has 4 rings (SSSR count). The van der Waals surface area contributed by atoms with Crippen LogP contribution in [0.1, 0.15) is 31.7 Å². The van der Waals surface area contributed by atoms with E-state index in [1.165, 1.54) is 0 Å². The summed E-state index contributed by atoms with van der Waals surface area (Å²) in [6, 6.07) is 13.2. The van der Waals surface area contributed by atoms with Crippen LogP contribution >= 0.6 is 0 Å². The van der Waals surface area contributed by atoms with Crippen LogP contribution in [0.5, 0.6) is 5.75 Å². The van der Waals surface area contributed by atoms with E-state index in [0.29, 0.717) is 44.0 Å². The van der Waals surface area contributed by atoms with Crippen molar-refractivity contribution in [3.8, 4) is 17.1 Å². The van der Waals surface area contributed by atoms with Gasteiger partial charge < -0.3 is 20.0 Å². The number of aliphatic hydroxyl groups is 1. The lowest BCUT2D eigenvalue weighted by atomic mass is 10.1. The largest absolute Gasteiger partial charge is 0.507 e. The molecule has 0 aliphatic carbocycles. The van der Waals surface area contributed by atoms with Crippen LogP contribution < -0.4 is 4.90 Å². The molecule has 1 fully saturated rings. The number of carbonyl (C=O) groups excluding carboxylic acids is 1. The van der Waals surface area contributed by atoms with Crippen molar-refractivity contribution in [3.05, 3.63) is 48.0 Å². The average Bonchev–Trinajstić information content (AvgIpc) is 2.81. The van der Waals surface area contributed by atoms with Crippen molar-refractivity contribution in [3.63, 3.8) is 0 Å². The summed E-state index contributed by atoms with van der Waals surface area (Å²) in [5.41, 5.74) is 2.51. The van der Waals surface area contributed by atoms with Gasteiger partial charge in [0, 0.05) is 31.6 Å². The predicted molar refractivity (Wildman–Crippen MR) is 126 cm³/mol. The van der Waals surface area contributed by atoms with Crippen molar-refractivity contribution >= 4 is 22.6 Å². The molecule has 0 spiro atoms. The summed E-state index contributed by atoms with van der Waals surface area (Å²) in [5.74, 6) is 1.23. The summed E-state index contributed by atoms with van der Waals surface area (Å²) in [6.45, 7) is 6.37. The van der Waals surface area contributed by atoms with E-state index < -0.39 is 6.10 Å². The summed E-state index contributed by atoms with van der Waals surface area (Å²) >= 11 is 0. The van der Waals surface area contributed by atoms with Gasteiger partial charge in [-0.25, -0.2) is 9.97 Å². The number of phenolic OH excluding ortho intramolecular Hbond substituents is 1. The second-order valence-electron chi connectivity index (χ2n) is 8.38. The molecule has 7 heteroatoms. The number of aliphatic hydroxyl groups excluding tert-OH is 1. The number of nitrogens with zero attached hydrogens (tertiary/aromatic N) is 4. The van der Waals surface area contributed by atoms with E-state index in [2.05, 4.69) is 4.90 Å². The first-order valence-corrected chi connectivity index (χ1v) is 11.3. The van der Waals surface area contributed by atoms with Gasteiger partial charge in [-0.1, -0.05) is 38.0 Å². The summed E-state index contributed by atoms with van der Waals surface area (Å²) in [5, 5.41) is 21.5. The third-order valence-electron chi connectivity index (χ3n) is 5.98. The molecule has 2 heterocycles. The first kappa shape index (κ1) is 22.0. The van der Waals surface area contributed by atoms with Gasteiger partial charge in [0.15, 0.2) is 5.82 Å². The third kappa shape index (κ3) is 4.53. The molecular formula is C25H30N4O3. The number of aromatic hydroxyl groups is 1. The first-order valence-electron chi connectivity index (χ1n) is 11.3. The standard InChI is InChI=1S/C25H30N4O3/c1-3-4-8-22(31)25(32)29-14-12-28(13-15-29)24-18-11-10-17(2)16-20(18)26-23(27-24)19-7-5-6-9-21(19)30/h5-7,9-11,16,22,30-31H,3-4,8,12-15H2,1-2H3. The second-order valence-corrected chi connectivity index (χ2v) is 8.38. The molecule has 1 amide bonds. The van der Waals surface area contributed by atoms with E-state index in [0.717, 1.165) is 35.1 Å².